The van der Waals surface area contributed by atoms with Crippen molar-refractivity contribution in [2.75, 3.05) is 12.4 Å². The van der Waals surface area contributed by atoms with Gasteiger partial charge in [-0.25, -0.2) is 0 Å². The fourth-order valence-corrected chi connectivity index (χ4v) is 10.9. The van der Waals surface area contributed by atoms with Crippen LogP contribution in [0.5, 0.6) is 0 Å². The molecule has 3 atom stereocenters. The van der Waals surface area contributed by atoms with Gasteiger partial charge in [0.2, 0.25) is 0 Å². The summed E-state index contributed by atoms with van der Waals surface area (Å²) < 4.78 is 13.5. The smallest absolute Gasteiger partial charge is 0.261 e. The fraction of sp³-hybridized carbons (Fsp3) is 0.357. The number of thioether (sulfide) groups is 1. The summed E-state index contributed by atoms with van der Waals surface area (Å²) in [6, 6.07) is 31.3. The van der Waals surface area contributed by atoms with Gasteiger partial charge in [0.15, 0.2) is 0 Å². The molecule has 0 unspecified atom stereocenters. The molecule has 1 fully saturated rings. The largest absolute Gasteiger partial charge is 0.406 e. The van der Waals surface area contributed by atoms with Gasteiger partial charge in [0.25, 0.3) is 8.32 Å². The first-order valence-electron chi connectivity index (χ1n) is 12.0. The Kier molecular flexibility index (Phi) is 8.37. The number of ether oxygens (including phenoxy) is 1. The van der Waals surface area contributed by atoms with Crippen LogP contribution >= 0.6 is 11.8 Å². The number of nitrogens with zero attached hydrogens (tertiary/aromatic N) is 3. The summed E-state index contributed by atoms with van der Waals surface area (Å²) in [5, 5.41) is 6.57. The molecule has 1 heterocycles. The Morgan fingerprint density at radius 3 is 1.97 bits per heavy atom. The second-order valence-electron chi connectivity index (χ2n) is 9.88. The van der Waals surface area contributed by atoms with Crippen molar-refractivity contribution in [3.8, 4) is 0 Å². The van der Waals surface area contributed by atoms with Crippen LogP contribution in [-0.2, 0) is 15.8 Å². The molecule has 182 valence electrons. The number of azide groups is 1. The predicted molar refractivity (Wildman–Crippen MR) is 148 cm³/mol. The molecule has 1 saturated heterocycles. The third-order valence-electron chi connectivity index (χ3n) is 6.59. The summed E-state index contributed by atoms with van der Waals surface area (Å²) in [5.41, 5.74) is 10.3. The molecule has 4 rings (SSSR count). The third-order valence-corrected chi connectivity index (χ3v) is 13.0. The molecule has 35 heavy (non-hydrogen) atoms. The summed E-state index contributed by atoms with van der Waals surface area (Å²) >= 11 is 1.78. The van der Waals surface area contributed by atoms with Crippen molar-refractivity contribution in [3.05, 3.63) is 107 Å². The second-order valence-corrected chi connectivity index (χ2v) is 15.5. The topological polar surface area (TPSA) is 67.2 Å². The van der Waals surface area contributed by atoms with Gasteiger partial charge in [-0.1, -0.05) is 117 Å². The van der Waals surface area contributed by atoms with E-state index in [4.69, 9.17) is 14.7 Å². The normalized spacial score (nSPS) is 20.4. The third kappa shape index (κ3) is 5.66. The van der Waals surface area contributed by atoms with Gasteiger partial charge in [0, 0.05) is 17.3 Å². The zero-order chi connectivity index (χ0) is 24.7. The molecule has 0 bridgehead atoms. The van der Waals surface area contributed by atoms with Crippen LogP contribution in [-0.4, -0.2) is 38.1 Å². The Morgan fingerprint density at radius 2 is 1.46 bits per heavy atom. The van der Waals surface area contributed by atoms with E-state index < -0.39 is 8.32 Å². The lowest BCUT2D eigenvalue weighted by molar-refractivity contribution is 0.0237. The highest BCUT2D eigenvalue weighted by molar-refractivity contribution is 8.00. The van der Waals surface area contributed by atoms with Crippen molar-refractivity contribution in [2.24, 2.45) is 5.11 Å². The highest BCUT2D eigenvalue weighted by atomic mass is 32.2. The Balaban J connectivity index is 1.63. The van der Waals surface area contributed by atoms with Gasteiger partial charge in [0.1, 0.15) is 0 Å². The lowest BCUT2D eigenvalue weighted by Crippen LogP contribution is -2.67. The zero-order valence-electron chi connectivity index (χ0n) is 20.6. The molecule has 0 amide bonds. The maximum absolute atomic E-state index is 9.15. The Morgan fingerprint density at radius 1 is 0.914 bits per heavy atom. The first-order chi connectivity index (χ1) is 17.0. The second kappa shape index (κ2) is 11.5. The van der Waals surface area contributed by atoms with Crippen LogP contribution in [0.4, 0.5) is 0 Å². The first kappa shape index (κ1) is 25.5. The minimum atomic E-state index is -2.65. The van der Waals surface area contributed by atoms with Crippen LogP contribution in [0.1, 0.15) is 26.3 Å². The molecule has 7 heteroatoms. The van der Waals surface area contributed by atoms with Crippen molar-refractivity contribution in [3.63, 3.8) is 0 Å². The molecule has 5 nitrogen and oxygen atoms in total. The number of hydrogen-bond acceptors (Lipinski definition) is 4. The Bertz CT molecular complexity index is 1080. The maximum atomic E-state index is 9.15. The zero-order valence-corrected chi connectivity index (χ0v) is 22.4. The Hall–Kier alpha value is -2.54. The van der Waals surface area contributed by atoms with E-state index in [0.29, 0.717) is 13.2 Å². The summed E-state index contributed by atoms with van der Waals surface area (Å²) in [6.07, 6.45) is -0.200. The predicted octanol–water partition coefficient (Wildman–Crippen LogP) is 5.94. The van der Waals surface area contributed by atoms with Crippen molar-refractivity contribution >= 4 is 30.5 Å². The van der Waals surface area contributed by atoms with E-state index in [1.165, 1.54) is 10.4 Å². The van der Waals surface area contributed by atoms with E-state index in [0.717, 1.165) is 11.3 Å². The van der Waals surface area contributed by atoms with Crippen molar-refractivity contribution < 1.29 is 9.16 Å². The van der Waals surface area contributed by atoms with E-state index in [1.807, 2.05) is 18.2 Å². The minimum Gasteiger partial charge on any atom is -0.406 e. The lowest BCUT2D eigenvalue weighted by atomic mass is 10.1. The standard InChI is InChI=1S/C28H33N3O2SSi/c1-28(2,3)35(23-15-9-5-10-16-23,24-17-11-6-12-18-24)33-20-26-27(25(21-34-26)30-31-29)32-19-22-13-7-4-8-14-22/h4-18,25-27H,19-21H2,1-3H3/t25-,26+,27-/m0/s1. The fourth-order valence-electron chi connectivity index (χ4n) is 4.92. The molecule has 3 aromatic rings. The lowest BCUT2D eigenvalue weighted by Gasteiger charge is -2.43. The van der Waals surface area contributed by atoms with Crippen LogP contribution in [0, 0.1) is 0 Å². The SMILES string of the molecule is CC(C)(C)[Si](OC[C@H]1SC[C@H](N=[N+]=[N-])[C@@H]1OCc1ccccc1)(c1ccccc1)c1ccccc1. The van der Waals surface area contributed by atoms with Crippen molar-refractivity contribution in [1.82, 2.24) is 0 Å². The quantitative estimate of drug-likeness (QED) is 0.157. The average Bonchev–Trinajstić information content (AvgIpc) is 3.26. The monoisotopic (exact) mass is 503 g/mol. The van der Waals surface area contributed by atoms with Gasteiger partial charge in [-0.3, -0.25) is 0 Å². The first-order valence-corrected chi connectivity index (χ1v) is 15.0. The van der Waals surface area contributed by atoms with Gasteiger partial charge >= 0.3 is 0 Å². The van der Waals surface area contributed by atoms with Crippen LogP contribution in [0.2, 0.25) is 5.04 Å². The Labute approximate surface area is 213 Å². The molecule has 0 spiro atoms. The van der Waals surface area contributed by atoms with Crippen LogP contribution in [0.3, 0.4) is 0 Å². The summed E-state index contributed by atoms with van der Waals surface area (Å²) in [5.74, 6) is 0.734. The summed E-state index contributed by atoms with van der Waals surface area (Å²) in [4.78, 5) is 3.10. The highest BCUT2D eigenvalue weighted by Gasteiger charge is 2.51. The van der Waals surface area contributed by atoms with E-state index in [9.17, 15) is 0 Å². The molecular weight excluding hydrogens is 470 g/mol. The molecule has 0 aliphatic carbocycles. The van der Waals surface area contributed by atoms with Crippen molar-refractivity contribution in [1.29, 1.82) is 0 Å². The van der Waals surface area contributed by atoms with Gasteiger partial charge in [-0.05, 0) is 26.5 Å². The number of rotatable bonds is 9. The molecule has 0 saturated carbocycles. The van der Waals surface area contributed by atoms with E-state index in [2.05, 4.69) is 104 Å². The van der Waals surface area contributed by atoms with E-state index >= 15 is 0 Å². The molecule has 1 aliphatic heterocycles. The van der Waals surface area contributed by atoms with E-state index in [-0.39, 0.29) is 22.4 Å². The molecule has 0 N–H and O–H groups in total. The van der Waals surface area contributed by atoms with Crippen LogP contribution in [0.25, 0.3) is 10.4 Å². The average molecular weight is 504 g/mol. The molecule has 3 aromatic carbocycles. The molecule has 1 aliphatic rings. The summed E-state index contributed by atoms with van der Waals surface area (Å²) in [7, 11) is -2.65. The van der Waals surface area contributed by atoms with Crippen LogP contribution < -0.4 is 10.4 Å². The van der Waals surface area contributed by atoms with Gasteiger partial charge < -0.3 is 9.16 Å². The minimum absolute atomic E-state index is 0.0795. The van der Waals surface area contributed by atoms with Crippen molar-refractivity contribution in [2.45, 2.75) is 49.8 Å². The summed E-state index contributed by atoms with van der Waals surface area (Å²) in [6.45, 7) is 7.88. The number of benzene rings is 3. The molecular formula is C28H33N3O2SSi. The van der Waals surface area contributed by atoms with Crippen LogP contribution in [0.15, 0.2) is 96.1 Å². The van der Waals surface area contributed by atoms with Gasteiger partial charge in [-0.2, -0.15) is 11.8 Å². The van der Waals surface area contributed by atoms with E-state index in [1.54, 1.807) is 11.8 Å². The highest BCUT2D eigenvalue weighted by Crippen LogP contribution is 2.39. The number of hydrogen-bond donors (Lipinski definition) is 0. The van der Waals surface area contributed by atoms with Gasteiger partial charge in [-0.15, -0.1) is 0 Å². The molecule has 0 aromatic heterocycles. The maximum Gasteiger partial charge on any atom is 0.261 e. The molecule has 0 radical (unpaired) electrons. The van der Waals surface area contributed by atoms with Gasteiger partial charge in [0.05, 0.1) is 24.0 Å².